The van der Waals surface area contributed by atoms with Gasteiger partial charge in [-0.15, -0.1) is 6.58 Å². The lowest BCUT2D eigenvalue weighted by Crippen LogP contribution is -2.43. The summed E-state index contributed by atoms with van der Waals surface area (Å²) in [6, 6.07) is 8.77. The van der Waals surface area contributed by atoms with Gasteiger partial charge in [-0.05, 0) is 56.7 Å². The third-order valence-electron chi connectivity index (χ3n) is 4.36. The third-order valence-corrected chi connectivity index (χ3v) is 4.36. The zero-order valence-corrected chi connectivity index (χ0v) is 11.0. The van der Waals surface area contributed by atoms with Gasteiger partial charge < -0.3 is 5.32 Å². The Kier molecular flexibility index (Phi) is 3.68. The van der Waals surface area contributed by atoms with Crippen molar-refractivity contribution >= 4 is 0 Å². The molecule has 1 aromatic carbocycles. The minimum absolute atomic E-state index is 0.185. The molecule has 0 unspecified atom stereocenters. The Morgan fingerprint density at radius 2 is 1.94 bits per heavy atom. The van der Waals surface area contributed by atoms with Crippen molar-refractivity contribution in [1.82, 2.24) is 5.32 Å². The average Bonchev–Trinajstić information content (AvgIpc) is 2.39. The fourth-order valence-corrected chi connectivity index (χ4v) is 3.13. The molecule has 0 atom stereocenters. The number of aryl methyl sites for hydroxylation is 1. The highest BCUT2D eigenvalue weighted by atomic mass is 14.9. The summed E-state index contributed by atoms with van der Waals surface area (Å²) in [5.74, 6) is 0.709. The van der Waals surface area contributed by atoms with Crippen LogP contribution in [0.25, 0.3) is 0 Å². The van der Waals surface area contributed by atoms with E-state index in [1.54, 1.807) is 0 Å². The third kappa shape index (κ3) is 2.30. The van der Waals surface area contributed by atoms with Crippen LogP contribution in [0.1, 0.15) is 36.8 Å². The van der Waals surface area contributed by atoms with E-state index in [1.807, 2.05) is 0 Å². The highest BCUT2D eigenvalue weighted by Gasteiger charge is 2.35. The highest BCUT2D eigenvalue weighted by Crippen LogP contribution is 2.40. The van der Waals surface area contributed by atoms with E-state index in [-0.39, 0.29) is 5.54 Å². The van der Waals surface area contributed by atoms with Gasteiger partial charge in [0.25, 0.3) is 0 Å². The van der Waals surface area contributed by atoms with Crippen LogP contribution in [0.3, 0.4) is 0 Å². The molecule has 92 valence electrons. The zero-order chi connectivity index (χ0) is 12.3. The van der Waals surface area contributed by atoms with Crippen molar-refractivity contribution in [1.29, 1.82) is 0 Å². The second-order valence-electron chi connectivity index (χ2n) is 5.22. The van der Waals surface area contributed by atoms with Gasteiger partial charge in [-0.25, -0.2) is 0 Å². The number of hydrogen-bond donors (Lipinski definition) is 1. The molecule has 0 amide bonds. The molecule has 17 heavy (non-hydrogen) atoms. The van der Waals surface area contributed by atoms with Crippen LogP contribution in [0.2, 0.25) is 0 Å². The van der Waals surface area contributed by atoms with Gasteiger partial charge >= 0.3 is 0 Å². The maximum absolute atomic E-state index is 3.93. The molecule has 2 rings (SSSR count). The molecule has 0 spiro atoms. The molecule has 1 N–H and O–H groups in total. The van der Waals surface area contributed by atoms with Gasteiger partial charge in [-0.3, -0.25) is 0 Å². The van der Waals surface area contributed by atoms with E-state index >= 15 is 0 Å². The average molecular weight is 229 g/mol. The Morgan fingerprint density at radius 3 is 2.47 bits per heavy atom. The summed E-state index contributed by atoms with van der Waals surface area (Å²) in [5.41, 5.74) is 3.06. The minimum atomic E-state index is 0.185. The van der Waals surface area contributed by atoms with E-state index in [9.17, 15) is 0 Å². The van der Waals surface area contributed by atoms with Crippen LogP contribution in [0.4, 0.5) is 0 Å². The molecule has 1 aliphatic carbocycles. The molecule has 0 saturated heterocycles. The maximum atomic E-state index is 3.93. The Balaban J connectivity index is 2.27. The topological polar surface area (TPSA) is 12.0 Å². The second kappa shape index (κ2) is 5.05. The van der Waals surface area contributed by atoms with Crippen molar-refractivity contribution in [3.05, 3.63) is 48.0 Å². The molecule has 0 heterocycles. The van der Waals surface area contributed by atoms with Crippen LogP contribution >= 0.6 is 0 Å². The number of allylic oxidation sites excluding steroid dienone is 1. The lowest BCUT2D eigenvalue weighted by atomic mass is 9.72. The summed E-state index contributed by atoms with van der Waals surface area (Å²) < 4.78 is 0. The normalized spacial score (nSPS) is 28.9. The molecule has 0 bridgehead atoms. The summed E-state index contributed by atoms with van der Waals surface area (Å²) in [7, 11) is 2.10. The standard InChI is InChI=1S/C16H23N/c1-4-14-9-11-16(17-3,12-10-14)15-8-6-5-7-13(15)2/h4-8,14,17H,1,9-12H2,2-3H3. The van der Waals surface area contributed by atoms with E-state index in [0.29, 0.717) is 5.92 Å². The summed E-state index contributed by atoms with van der Waals surface area (Å²) in [6.45, 7) is 6.14. The van der Waals surface area contributed by atoms with Crippen molar-refractivity contribution in [2.75, 3.05) is 7.05 Å². The molecule has 1 aromatic rings. The molecule has 1 aliphatic rings. The Labute approximate surface area is 105 Å². The first-order valence-corrected chi connectivity index (χ1v) is 6.59. The number of rotatable bonds is 3. The highest BCUT2D eigenvalue weighted by molar-refractivity contribution is 5.33. The zero-order valence-electron chi connectivity index (χ0n) is 11.0. The molecule has 0 aromatic heterocycles. The molecule has 1 saturated carbocycles. The van der Waals surface area contributed by atoms with Gasteiger partial charge in [0.2, 0.25) is 0 Å². The van der Waals surface area contributed by atoms with Crippen LogP contribution in [0, 0.1) is 12.8 Å². The van der Waals surface area contributed by atoms with E-state index in [1.165, 1.54) is 36.8 Å². The van der Waals surface area contributed by atoms with Crippen LogP contribution in [0.5, 0.6) is 0 Å². The molecule has 1 heteroatoms. The van der Waals surface area contributed by atoms with Crippen molar-refractivity contribution in [3.63, 3.8) is 0 Å². The summed E-state index contributed by atoms with van der Waals surface area (Å²) >= 11 is 0. The number of benzene rings is 1. The molecular formula is C16H23N. The Morgan fingerprint density at radius 1 is 1.29 bits per heavy atom. The van der Waals surface area contributed by atoms with E-state index in [2.05, 4.69) is 56.2 Å². The Hall–Kier alpha value is -1.08. The van der Waals surface area contributed by atoms with Gasteiger partial charge in [-0.1, -0.05) is 30.3 Å². The van der Waals surface area contributed by atoms with E-state index in [4.69, 9.17) is 0 Å². The van der Waals surface area contributed by atoms with Crippen molar-refractivity contribution in [2.24, 2.45) is 5.92 Å². The first-order chi connectivity index (χ1) is 8.22. The van der Waals surface area contributed by atoms with Crippen molar-refractivity contribution in [3.8, 4) is 0 Å². The van der Waals surface area contributed by atoms with Crippen molar-refractivity contribution in [2.45, 2.75) is 38.1 Å². The maximum Gasteiger partial charge on any atom is 0.0435 e. The summed E-state index contributed by atoms with van der Waals surface area (Å²) in [4.78, 5) is 0. The van der Waals surface area contributed by atoms with Gasteiger partial charge in [0.1, 0.15) is 0 Å². The van der Waals surface area contributed by atoms with Gasteiger partial charge in [0.05, 0.1) is 0 Å². The number of nitrogens with one attached hydrogen (secondary N) is 1. The van der Waals surface area contributed by atoms with Gasteiger partial charge in [0, 0.05) is 5.54 Å². The lowest BCUT2D eigenvalue weighted by molar-refractivity contribution is 0.220. The Bertz CT molecular complexity index is 386. The fraction of sp³-hybridized carbons (Fsp3) is 0.500. The molecule has 0 radical (unpaired) electrons. The lowest BCUT2D eigenvalue weighted by Gasteiger charge is -2.41. The first kappa shape index (κ1) is 12.4. The first-order valence-electron chi connectivity index (χ1n) is 6.59. The van der Waals surface area contributed by atoms with Crippen LogP contribution in [-0.2, 0) is 5.54 Å². The van der Waals surface area contributed by atoms with Crippen LogP contribution in [-0.4, -0.2) is 7.05 Å². The molecule has 1 nitrogen and oxygen atoms in total. The quantitative estimate of drug-likeness (QED) is 0.778. The second-order valence-corrected chi connectivity index (χ2v) is 5.22. The van der Waals surface area contributed by atoms with Crippen LogP contribution < -0.4 is 5.32 Å². The van der Waals surface area contributed by atoms with Gasteiger partial charge in [-0.2, -0.15) is 0 Å². The van der Waals surface area contributed by atoms with Crippen molar-refractivity contribution < 1.29 is 0 Å². The molecular weight excluding hydrogens is 206 g/mol. The fourth-order valence-electron chi connectivity index (χ4n) is 3.13. The smallest absolute Gasteiger partial charge is 0.0435 e. The SMILES string of the molecule is C=CC1CCC(NC)(c2ccccc2C)CC1. The summed E-state index contributed by atoms with van der Waals surface area (Å²) in [5, 5.41) is 3.58. The van der Waals surface area contributed by atoms with Crippen LogP contribution in [0.15, 0.2) is 36.9 Å². The van der Waals surface area contributed by atoms with E-state index < -0.39 is 0 Å². The predicted molar refractivity (Wildman–Crippen MR) is 74.1 cm³/mol. The minimum Gasteiger partial charge on any atom is -0.310 e. The predicted octanol–water partition coefficient (Wildman–Crippen LogP) is 3.79. The van der Waals surface area contributed by atoms with E-state index in [0.717, 1.165) is 0 Å². The summed E-state index contributed by atoms with van der Waals surface area (Å²) in [6.07, 6.45) is 7.05. The van der Waals surface area contributed by atoms with Gasteiger partial charge in [0.15, 0.2) is 0 Å². The largest absolute Gasteiger partial charge is 0.310 e. The monoisotopic (exact) mass is 229 g/mol. The molecule has 0 aliphatic heterocycles. The molecule has 1 fully saturated rings. The number of hydrogen-bond acceptors (Lipinski definition) is 1.